The van der Waals surface area contributed by atoms with Crippen LogP contribution in [0.4, 0.5) is 4.39 Å². The number of hydrogen-bond acceptors (Lipinski definition) is 4. The summed E-state index contributed by atoms with van der Waals surface area (Å²) in [5, 5.41) is 10.3. The smallest absolute Gasteiger partial charge is 0.339 e. The summed E-state index contributed by atoms with van der Waals surface area (Å²) in [4.78, 5) is 28.4. The van der Waals surface area contributed by atoms with Gasteiger partial charge >= 0.3 is 5.97 Å². The van der Waals surface area contributed by atoms with Gasteiger partial charge in [0.1, 0.15) is 11.3 Å². The molecule has 0 saturated carbocycles. The van der Waals surface area contributed by atoms with Gasteiger partial charge in [-0.25, -0.2) is 14.2 Å². The molecular formula is C16H12FIN2O3S. The number of carboxylic acid groups (broad SMARTS) is 1. The normalized spacial score (nSPS) is 11.2. The molecule has 1 aromatic carbocycles. The number of halogens is 2. The maximum Gasteiger partial charge on any atom is 0.339 e. The monoisotopic (exact) mass is 458 g/mol. The van der Waals surface area contributed by atoms with Crippen LogP contribution in [0.5, 0.6) is 0 Å². The highest BCUT2D eigenvalue weighted by Crippen LogP contribution is 2.27. The van der Waals surface area contributed by atoms with Crippen LogP contribution in [0.3, 0.4) is 0 Å². The molecular weight excluding hydrogens is 446 g/mol. The highest BCUT2D eigenvalue weighted by atomic mass is 127. The van der Waals surface area contributed by atoms with Crippen LogP contribution in [0.25, 0.3) is 10.2 Å². The lowest BCUT2D eigenvalue weighted by Gasteiger charge is -2.13. The number of carboxylic acids is 1. The van der Waals surface area contributed by atoms with Crippen molar-refractivity contribution in [1.29, 1.82) is 0 Å². The first-order valence-corrected chi connectivity index (χ1v) is 8.85. The van der Waals surface area contributed by atoms with E-state index in [1.54, 1.807) is 19.1 Å². The Labute approximate surface area is 153 Å². The molecule has 0 bridgehead atoms. The second-order valence-corrected chi connectivity index (χ2v) is 7.76. The molecule has 5 nitrogen and oxygen atoms in total. The average molecular weight is 458 g/mol. The second-order valence-electron chi connectivity index (χ2n) is 5.31. The van der Waals surface area contributed by atoms with Crippen molar-refractivity contribution in [1.82, 2.24) is 9.55 Å². The van der Waals surface area contributed by atoms with Crippen molar-refractivity contribution in [3.05, 3.63) is 59.8 Å². The van der Waals surface area contributed by atoms with Gasteiger partial charge in [0.15, 0.2) is 0 Å². The van der Waals surface area contributed by atoms with Crippen LogP contribution in [0.1, 0.15) is 26.6 Å². The van der Waals surface area contributed by atoms with Gasteiger partial charge in [0.2, 0.25) is 0 Å². The minimum absolute atomic E-state index is 0.00986. The number of nitrogens with zero attached hydrogens (tertiary/aromatic N) is 2. The molecule has 124 valence electrons. The number of hydrogen-bond donors (Lipinski definition) is 1. The molecule has 1 N–H and O–H groups in total. The standard InChI is InChI=1S/C16H12FIN2O3S/c1-7-19-13-14(24-7)12(16(22)23)11(20(2)15(13)21)5-8-3-4-9(18)6-10(8)17/h3-4,6H,5H2,1-2H3,(H,22,23). The molecule has 0 amide bonds. The largest absolute Gasteiger partial charge is 0.478 e. The summed E-state index contributed by atoms with van der Waals surface area (Å²) >= 11 is 3.16. The third-order valence-electron chi connectivity index (χ3n) is 3.75. The Balaban J connectivity index is 2.30. The highest BCUT2D eigenvalue weighted by molar-refractivity contribution is 14.1. The molecule has 0 aliphatic carbocycles. The predicted octanol–water partition coefficient (Wildman–Crippen LogP) is 3.34. The van der Waals surface area contributed by atoms with Crippen molar-refractivity contribution >= 4 is 50.1 Å². The van der Waals surface area contributed by atoms with E-state index in [0.29, 0.717) is 15.3 Å². The Morgan fingerprint density at radius 3 is 2.79 bits per heavy atom. The van der Waals surface area contributed by atoms with Gasteiger partial charge in [-0.2, -0.15) is 0 Å². The quantitative estimate of drug-likeness (QED) is 0.612. The highest BCUT2D eigenvalue weighted by Gasteiger charge is 2.23. The first-order chi connectivity index (χ1) is 11.3. The fourth-order valence-corrected chi connectivity index (χ4v) is 4.02. The van der Waals surface area contributed by atoms with E-state index < -0.39 is 11.8 Å². The Morgan fingerprint density at radius 2 is 2.17 bits per heavy atom. The summed E-state index contributed by atoms with van der Waals surface area (Å²) in [6.07, 6.45) is 0.0169. The second kappa shape index (κ2) is 6.25. The molecule has 2 aromatic heterocycles. The fraction of sp³-hybridized carbons (Fsp3) is 0.188. The Kier molecular flexibility index (Phi) is 4.43. The van der Waals surface area contributed by atoms with Crippen LogP contribution < -0.4 is 5.56 Å². The molecule has 0 fully saturated rings. The molecule has 24 heavy (non-hydrogen) atoms. The molecule has 0 unspecified atom stereocenters. The van der Waals surface area contributed by atoms with Crippen LogP contribution >= 0.6 is 33.9 Å². The molecule has 0 aliphatic rings. The molecule has 0 saturated heterocycles. The van der Waals surface area contributed by atoms with E-state index in [2.05, 4.69) is 4.98 Å². The lowest BCUT2D eigenvalue weighted by Crippen LogP contribution is -2.24. The number of benzene rings is 1. The van der Waals surface area contributed by atoms with Crippen LogP contribution in [0.2, 0.25) is 0 Å². The number of rotatable bonds is 3. The van der Waals surface area contributed by atoms with Gasteiger partial charge in [0, 0.05) is 22.7 Å². The summed E-state index contributed by atoms with van der Waals surface area (Å²) in [7, 11) is 1.49. The van der Waals surface area contributed by atoms with Gasteiger partial charge in [0.05, 0.1) is 15.3 Å². The van der Waals surface area contributed by atoms with E-state index >= 15 is 0 Å². The van der Waals surface area contributed by atoms with Gasteiger partial charge < -0.3 is 9.67 Å². The van der Waals surface area contributed by atoms with E-state index in [0.717, 1.165) is 14.9 Å². The minimum Gasteiger partial charge on any atom is -0.478 e. The lowest BCUT2D eigenvalue weighted by atomic mass is 10.0. The van der Waals surface area contributed by atoms with E-state index in [1.165, 1.54) is 17.7 Å². The van der Waals surface area contributed by atoms with Crippen LogP contribution in [0.15, 0.2) is 23.0 Å². The van der Waals surface area contributed by atoms with Crippen molar-refractivity contribution in [2.24, 2.45) is 7.05 Å². The van der Waals surface area contributed by atoms with Crippen LogP contribution in [-0.2, 0) is 13.5 Å². The summed E-state index contributed by atoms with van der Waals surface area (Å²) in [5.74, 6) is -1.58. The van der Waals surface area contributed by atoms with Gasteiger partial charge in [-0.05, 0) is 47.2 Å². The molecule has 0 spiro atoms. The molecule has 0 aliphatic heterocycles. The Bertz CT molecular complexity index is 1040. The van der Waals surface area contributed by atoms with Crippen molar-refractivity contribution in [2.75, 3.05) is 0 Å². The van der Waals surface area contributed by atoms with E-state index in [4.69, 9.17) is 0 Å². The van der Waals surface area contributed by atoms with Crippen LogP contribution in [-0.4, -0.2) is 20.6 Å². The van der Waals surface area contributed by atoms with E-state index in [1.807, 2.05) is 22.6 Å². The zero-order valence-electron chi connectivity index (χ0n) is 12.8. The molecule has 3 aromatic rings. The zero-order chi connectivity index (χ0) is 17.6. The maximum absolute atomic E-state index is 14.2. The van der Waals surface area contributed by atoms with Gasteiger partial charge in [-0.3, -0.25) is 4.79 Å². The topological polar surface area (TPSA) is 72.2 Å². The molecule has 3 rings (SSSR count). The first kappa shape index (κ1) is 17.0. The van der Waals surface area contributed by atoms with Gasteiger partial charge in [0.25, 0.3) is 5.56 Å². The number of aromatic nitrogens is 2. The van der Waals surface area contributed by atoms with Crippen molar-refractivity contribution in [3.63, 3.8) is 0 Å². The van der Waals surface area contributed by atoms with Gasteiger partial charge in [-0.1, -0.05) is 6.07 Å². The number of carbonyl (C=O) groups is 1. The zero-order valence-corrected chi connectivity index (χ0v) is 15.7. The molecule has 0 atom stereocenters. The third kappa shape index (κ3) is 2.84. The predicted molar refractivity (Wildman–Crippen MR) is 98.5 cm³/mol. The number of fused-ring (bicyclic) bond motifs is 1. The number of aryl methyl sites for hydroxylation is 1. The number of thiazole rings is 1. The summed E-state index contributed by atoms with van der Waals surface area (Å²) in [6, 6.07) is 4.73. The van der Waals surface area contributed by atoms with Crippen molar-refractivity contribution in [2.45, 2.75) is 13.3 Å². The molecule has 0 radical (unpaired) electrons. The summed E-state index contributed by atoms with van der Waals surface area (Å²) in [6.45, 7) is 1.72. The lowest BCUT2D eigenvalue weighted by molar-refractivity contribution is 0.0697. The first-order valence-electron chi connectivity index (χ1n) is 6.95. The Morgan fingerprint density at radius 1 is 1.46 bits per heavy atom. The van der Waals surface area contributed by atoms with Crippen molar-refractivity contribution < 1.29 is 14.3 Å². The summed E-state index contributed by atoms with van der Waals surface area (Å²) < 4.78 is 16.5. The van der Waals surface area contributed by atoms with E-state index in [9.17, 15) is 19.1 Å². The maximum atomic E-state index is 14.2. The van der Waals surface area contributed by atoms with Crippen molar-refractivity contribution in [3.8, 4) is 0 Å². The number of aromatic carboxylic acids is 1. The van der Waals surface area contributed by atoms with Crippen LogP contribution in [0, 0.1) is 16.3 Å². The third-order valence-corrected chi connectivity index (χ3v) is 5.41. The van der Waals surface area contributed by atoms with E-state index in [-0.39, 0.29) is 28.8 Å². The van der Waals surface area contributed by atoms with Gasteiger partial charge in [-0.15, -0.1) is 11.3 Å². The minimum atomic E-state index is -1.15. The Hall–Kier alpha value is -1.81. The fourth-order valence-electron chi connectivity index (χ4n) is 2.59. The summed E-state index contributed by atoms with van der Waals surface area (Å²) in [5.41, 5.74) is 0.386. The SMILES string of the molecule is Cc1nc2c(=O)n(C)c(Cc3ccc(I)cc3F)c(C(=O)O)c2s1. The average Bonchev–Trinajstić information content (AvgIpc) is 2.88. The molecule has 8 heteroatoms. The molecule has 2 heterocycles. The number of pyridine rings is 1.